The molecule has 0 saturated heterocycles. The molecular formula is C20H29Cl2N5O3S. The van der Waals surface area contributed by atoms with Crippen molar-refractivity contribution in [3.8, 4) is 0 Å². The Morgan fingerprint density at radius 3 is 2.71 bits per heavy atom. The van der Waals surface area contributed by atoms with Crippen molar-refractivity contribution < 1.29 is 9.47 Å². The lowest BCUT2D eigenvalue weighted by Gasteiger charge is -2.30. The van der Waals surface area contributed by atoms with Crippen LogP contribution in [0.15, 0.2) is 47.3 Å². The van der Waals surface area contributed by atoms with E-state index in [4.69, 9.17) is 9.47 Å². The number of aryl methyl sites for hydroxylation is 1. The standard InChI is InChI=1S/C20H27N5O3S.2ClH/c1-15-11-21-13-25(15)14-29-8-7-22-19-23-12-17(18(26)24-19)9-16-5-4-6-20(10-16,27-2)28-3;;/h4-6,11-13H,7-10,14H2,1-3H3,(H2,22,23,24,26);2*1H. The zero-order valence-electron chi connectivity index (χ0n) is 17.8. The van der Waals surface area contributed by atoms with Gasteiger partial charge in [-0.05, 0) is 13.0 Å². The maximum Gasteiger partial charge on any atom is 0.255 e. The Bertz CT molecular complexity index is 941. The number of nitrogens with one attached hydrogen (secondary N) is 2. The molecule has 0 amide bonds. The minimum Gasteiger partial charge on any atom is -0.355 e. The van der Waals surface area contributed by atoms with Gasteiger partial charge in [-0.15, -0.1) is 36.6 Å². The van der Waals surface area contributed by atoms with Crippen LogP contribution in [0, 0.1) is 6.92 Å². The summed E-state index contributed by atoms with van der Waals surface area (Å²) < 4.78 is 13.0. The van der Waals surface area contributed by atoms with Crippen molar-refractivity contribution in [2.45, 2.75) is 31.4 Å². The molecule has 11 heteroatoms. The van der Waals surface area contributed by atoms with Crippen LogP contribution < -0.4 is 10.9 Å². The van der Waals surface area contributed by atoms with E-state index in [0.717, 1.165) is 22.9 Å². The molecule has 2 heterocycles. The molecule has 172 valence electrons. The number of allylic oxidation sites excluding steroid dienone is 2. The summed E-state index contributed by atoms with van der Waals surface area (Å²) in [5.41, 5.74) is 2.67. The lowest BCUT2D eigenvalue weighted by Crippen LogP contribution is -2.33. The van der Waals surface area contributed by atoms with Crippen molar-refractivity contribution in [3.05, 3.63) is 64.1 Å². The molecule has 0 spiro atoms. The largest absolute Gasteiger partial charge is 0.355 e. The average Bonchev–Trinajstić information content (AvgIpc) is 3.14. The lowest BCUT2D eigenvalue weighted by atomic mass is 9.94. The molecule has 1 aliphatic rings. The van der Waals surface area contributed by atoms with Crippen molar-refractivity contribution in [3.63, 3.8) is 0 Å². The number of hydrogen-bond donors (Lipinski definition) is 2. The van der Waals surface area contributed by atoms with E-state index >= 15 is 0 Å². The number of hydrogen-bond acceptors (Lipinski definition) is 7. The topological polar surface area (TPSA) is 94.1 Å². The fourth-order valence-corrected chi connectivity index (χ4v) is 3.90. The van der Waals surface area contributed by atoms with Crippen molar-refractivity contribution in [2.75, 3.05) is 31.8 Å². The van der Waals surface area contributed by atoms with E-state index in [1.807, 2.05) is 37.7 Å². The minimum atomic E-state index is -0.765. The third-order valence-corrected chi connectivity index (χ3v) is 5.78. The number of ether oxygens (including phenoxy) is 2. The number of aromatic nitrogens is 4. The van der Waals surface area contributed by atoms with Crippen LogP contribution in [0.2, 0.25) is 0 Å². The molecule has 0 aromatic carbocycles. The monoisotopic (exact) mass is 489 g/mol. The number of methoxy groups -OCH3 is 2. The number of nitrogens with zero attached hydrogens (tertiary/aromatic N) is 3. The van der Waals surface area contributed by atoms with E-state index in [0.29, 0.717) is 30.9 Å². The third kappa shape index (κ3) is 7.40. The molecule has 2 aromatic heterocycles. The lowest BCUT2D eigenvalue weighted by molar-refractivity contribution is -0.169. The number of imidazole rings is 1. The van der Waals surface area contributed by atoms with Crippen LogP contribution in [0.5, 0.6) is 0 Å². The molecule has 1 aliphatic carbocycles. The predicted molar refractivity (Wildman–Crippen MR) is 130 cm³/mol. The summed E-state index contributed by atoms with van der Waals surface area (Å²) in [6, 6.07) is 0. The molecule has 0 fully saturated rings. The highest BCUT2D eigenvalue weighted by Crippen LogP contribution is 2.28. The highest BCUT2D eigenvalue weighted by molar-refractivity contribution is 7.98. The van der Waals surface area contributed by atoms with Gasteiger partial charge in [0, 0.05) is 63.0 Å². The van der Waals surface area contributed by atoms with E-state index in [2.05, 4.69) is 24.8 Å². The van der Waals surface area contributed by atoms with E-state index in [1.165, 1.54) is 0 Å². The molecule has 2 N–H and O–H groups in total. The Morgan fingerprint density at radius 1 is 1.29 bits per heavy atom. The molecule has 0 unspecified atom stereocenters. The SMILES string of the molecule is COC1(OC)C=CC=C(Cc2cnc(NCCSCn3cncc3C)[nH]c2=O)C1.Cl.Cl. The minimum absolute atomic E-state index is 0. The second-order valence-electron chi connectivity index (χ2n) is 6.81. The molecule has 31 heavy (non-hydrogen) atoms. The van der Waals surface area contributed by atoms with Gasteiger partial charge in [0.15, 0.2) is 5.79 Å². The first-order valence-electron chi connectivity index (χ1n) is 9.39. The molecule has 0 aliphatic heterocycles. The maximum atomic E-state index is 12.4. The Morgan fingerprint density at radius 2 is 2.06 bits per heavy atom. The van der Waals surface area contributed by atoms with Gasteiger partial charge in [-0.25, -0.2) is 9.97 Å². The first kappa shape index (κ1) is 27.3. The number of anilines is 1. The predicted octanol–water partition coefficient (Wildman–Crippen LogP) is 3.34. The molecule has 0 atom stereocenters. The second kappa shape index (κ2) is 12.9. The quantitative estimate of drug-likeness (QED) is 0.390. The van der Waals surface area contributed by atoms with Crippen LogP contribution in [0.25, 0.3) is 0 Å². The fourth-order valence-electron chi connectivity index (χ4n) is 3.06. The number of halogens is 2. The van der Waals surface area contributed by atoms with Crippen LogP contribution >= 0.6 is 36.6 Å². The van der Waals surface area contributed by atoms with Crippen LogP contribution in [0.4, 0.5) is 5.95 Å². The second-order valence-corrected chi connectivity index (χ2v) is 7.89. The van der Waals surface area contributed by atoms with Gasteiger partial charge in [-0.2, -0.15) is 0 Å². The molecule has 0 saturated carbocycles. The van der Waals surface area contributed by atoms with E-state index in [9.17, 15) is 4.79 Å². The van der Waals surface area contributed by atoms with Crippen LogP contribution in [-0.4, -0.2) is 51.8 Å². The summed E-state index contributed by atoms with van der Waals surface area (Å²) >= 11 is 1.78. The van der Waals surface area contributed by atoms with Crippen molar-refractivity contribution in [2.24, 2.45) is 0 Å². The molecule has 0 bridgehead atoms. The molecule has 8 nitrogen and oxygen atoms in total. The maximum absolute atomic E-state index is 12.4. The first-order valence-corrected chi connectivity index (χ1v) is 10.5. The van der Waals surface area contributed by atoms with Crippen LogP contribution in [-0.2, 0) is 21.8 Å². The zero-order valence-corrected chi connectivity index (χ0v) is 20.2. The van der Waals surface area contributed by atoms with Gasteiger partial charge >= 0.3 is 0 Å². The number of rotatable bonds is 10. The fraction of sp³-hybridized carbons (Fsp3) is 0.450. The van der Waals surface area contributed by atoms with Crippen molar-refractivity contribution in [1.82, 2.24) is 19.5 Å². The summed E-state index contributed by atoms with van der Waals surface area (Å²) in [5, 5.41) is 3.16. The molecule has 3 rings (SSSR count). The average molecular weight is 490 g/mol. The number of H-pyrrole nitrogens is 1. The Kier molecular flexibility index (Phi) is 11.4. The smallest absolute Gasteiger partial charge is 0.255 e. The summed E-state index contributed by atoms with van der Waals surface area (Å²) in [6.07, 6.45) is 12.1. The van der Waals surface area contributed by atoms with Crippen molar-refractivity contribution >= 4 is 42.5 Å². The summed E-state index contributed by atoms with van der Waals surface area (Å²) in [6.45, 7) is 2.74. The highest BCUT2D eigenvalue weighted by atomic mass is 35.5. The Balaban J connectivity index is 0.00000240. The van der Waals surface area contributed by atoms with E-state index in [1.54, 1.807) is 32.2 Å². The summed E-state index contributed by atoms with van der Waals surface area (Å²) in [5.74, 6) is 1.46. The first-order chi connectivity index (χ1) is 14.0. The summed E-state index contributed by atoms with van der Waals surface area (Å²) in [7, 11) is 3.22. The van der Waals surface area contributed by atoms with Gasteiger partial charge < -0.3 is 19.4 Å². The van der Waals surface area contributed by atoms with Crippen LogP contribution in [0.1, 0.15) is 17.7 Å². The van der Waals surface area contributed by atoms with Gasteiger partial charge in [0.2, 0.25) is 5.95 Å². The van der Waals surface area contributed by atoms with Crippen LogP contribution in [0.3, 0.4) is 0 Å². The van der Waals surface area contributed by atoms with Gasteiger partial charge in [0.1, 0.15) is 0 Å². The highest BCUT2D eigenvalue weighted by Gasteiger charge is 2.29. The van der Waals surface area contributed by atoms with Crippen molar-refractivity contribution in [1.29, 1.82) is 0 Å². The van der Waals surface area contributed by atoms with Gasteiger partial charge in [0.25, 0.3) is 5.56 Å². The van der Waals surface area contributed by atoms with Gasteiger partial charge in [0.05, 0.1) is 12.2 Å². The molecule has 2 aromatic rings. The Hall–Kier alpha value is -1.78. The zero-order chi connectivity index (χ0) is 20.7. The van der Waals surface area contributed by atoms with Gasteiger partial charge in [-0.1, -0.05) is 17.7 Å². The number of aromatic amines is 1. The van der Waals surface area contributed by atoms with Gasteiger partial charge in [-0.3, -0.25) is 9.78 Å². The molecule has 0 radical (unpaired) electrons. The normalized spacial score (nSPS) is 14.4. The van der Waals surface area contributed by atoms with E-state index < -0.39 is 5.79 Å². The number of thioether (sulfide) groups is 1. The van der Waals surface area contributed by atoms with E-state index in [-0.39, 0.29) is 30.4 Å². The molecular weight excluding hydrogens is 461 g/mol. The Labute approximate surface area is 198 Å². The summed E-state index contributed by atoms with van der Waals surface area (Å²) in [4.78, 5) is 23.7. The third-order valence-electron chi connectivity index (χ3n) is 4.83.